The van der Waals surface area contributed by atoms with E-state index in [2.05, 4.69) is 20.7 Å². The largest absolute Gasteiger partial charge is 0.484 e. The van der Waals surface area contributed by atoms with E-state index in [-0.39, 0.29) is 40.5 Å². The second kappa shape index (κ2) is 9.58. The first-order valence-corrected chi connectivity index (χ1v) is 12.1. The Kier molecular flexibility index (Phi) is 6.48. The van der Waals surface area contributed by atoms with Gasteiger partial charge in [-0.25, -0.2) is 18.4 Å². The van der Waals surface area contributed by atoms with Gasteiger partial charge in [-0.15, -0.1) is 0 Å². The normalized spacial score (nSPS) is 18.1. The van der Waals surface area contributed by atoms with Gasteiger partial charge in [0.05, 0.1) is 28.9 Å². The molecule has 0 saturated carbocycles. The monoisotopic (exact) mass is 560 g/mol. The molecule has 1 aromatic carbocycles. The Hall–Kier alpha value is -4.54. The molecule has 2 N–H and O–H groups in total. The number of hydrogen-bond donors (Lipinski definition) is 2. The van der Waals surface area contributed by atoms with E-state index < -0.39 is 42.6 Å². The zero-order chi connectivity index (χ0) is 28.9. The number of nitrogens with zero attached hydrogens (tertiary/aromatic N) is 4. The number of carbonyl (C=O) groups excluding carboxylic acids is 2. The number of hydrogen-bond acceptors (Lipinski definition) is 6. The van der Waals surface area contributed by atoms with Crippen LogP contribution in [-0.4, -0.2) is 51.8 Å². The number of halogens is 5. The van der Waals surface area contributed by atoms with Crippen LogP contribution in [0.4, 0.5) is 22.0 Å². The van der Waals surface area contributed by atoms with Crippen molar-refractivity contribution in [3.8, 4) is 17.6 Å². The average molecular weight is 560 g/mol. The fourth-order valence-corrected chi connectivity index (χ4v) is 5.00. The molecule has 3 heterocycles. The Labute approximate surface area is 223 Å². The molecule has 40 heavy (non-hydrogen) atoms. The molecule has 9 nitrogen and oxygen atoms in total. The minimum atomic E-state index is -4.49. The molecule has 0 unspecified atom stereocenters. The number of aryl methyl sites for hydroxylation is 1. The van der Waals surface area contributed by atoms with Crippen LogP contribution in [0.5, 0.6) is 5.75 Å². The fraction of sp³-hybridized carbons (Fsp3) is 0.346. The minimum Gasteiger partial charge on any atom is -0.484 e. The lowest BCUT2D eigenvalue weighted by Gasteiger charge is -2.35. The number of aromatic nitrogens is 3. The quantitative estimate of drug-likeness (QED) is 0.445. The van der Waals surface area contributed by atoms with Crippen LogP contribution < -0.4 is 15.4 Å². The summed E-state index contributed by atoms with van der Waals surface area (Å²) in [5, 5.41) is 18.6. The first kappa shape index (κ1) is 27.0. The van der Waals surface area contributed by atoms with E-state index in [1.165, 1.54) is 30.5 Å². The third-order valence-electron chi connectivity index (χ3n) is 6.69. The number of carbonyl (C=O) groups is 2. The van der Waals surface area contributed by atoms with Gasteiger partial charge in [-0.2, -0.15) is 23.5 Å². The summed E-state index contributed by atoms with van der Waals surface area (Å²) in [5.74, 6) is -4.72. The molecule has 1 spiro atoms. The number of alkyl halides is 5. The summed E-state index contributed by atoms with van der Waals surface area (Å²) in [7, 11) is 0. The highest BCUT2D eigenvalue weighted by molar-refractivity contribution is 6.08. The SMILES string of the molecule is CC(F)(F)CNC(=O)c1c2c(nn1-c1ccc(C#N)cn1)C[C@]1(CCc3cc(OCC(F)(F)F)ccc31)NC2=O. The number of pyridine rings is 1. The van der Waals surface area contributed by atoms with Gasteiger partial charge >= 0.3 is 6.18 Å². The molecule has 3 aromatic rings. The lowest BCUT2D eigenvalue weighted by molar-refractivity contribution is -0.153. The summed E-state index contributed by atoms with van der Waals surface area (Å²) in [6.45, 7) is -1.79. The van der Waals surface area contributed by atoms with Crippen LogP contribution in [0, 0.1) is 11.3 Å². The summed E-state index contributed by atoms with van der Waals surface area (Å²) in [6.07, 6.45) is -2.29. The first-order chi connectivity index (χ1) is 18.8. The molecule has 0 fully saturated rings. The van der Waals surface area contributed by atoms with E-state index in [4.69, 9.17) is 10.00 Å². The Bertz CT molecular complexity index is 1540. The van der Waals surface area contributed by atoms with Gasteiger partial charge in [-0.05, 0) is 48.2 Å². The maximum Gasteiger partial charge on any atom is 0.422 e. The Morgan fingerprint density at radius 2 is 2.02 bits per heavy atom. The third kappa shape index (κ3) is 5.18. The summed E-state index contributed by atoms with van der Waals surface area (Å²) >= 11 is 0. The molecular weight excluding hydrogens is 539 g/mol. The van der Waals surface area contributed by atoms with Crippen LogP contribution in [0.2, 0.25) is 0 Å². The summed E-state index contributed by atoms with van der Waals surface area (Å²) < 4.78 is 70.7. The molecule has 2 amide bonds. The molecule has 0 saturated heterocycles. The van der Waals surface area contributed by atoms with Crippen molar-refractivity contribution in [2.24, 2.45) is 0 Å². The first-order valence-electron chi connectivity index (χ1n) is 12.1. The van der Waals surface area contributed by atoms with Crippen molar-refractivity contribution in [2.75, 3.05) is 13.2 Å². The molecule has 2 aromatic heterocycles. The predicted molar refractivity (Wildman–Crippen MR) is 128 cm³/mol. The Balaban J connectivity index is 1.53. The minimum absolute atomic E-state index is 0.0406. The zero-order valence-electron chi connectivity index (χ0n) is 20.9. The number of fused-ring (bicyclic) bond motifs is 3. The molecule has 0 radical (unpaired) electrons. The molecule has 1 aliphatic carbocycles. The molecule has 5 rings (SSSR count). The van der Waals surface area contributed by atoms with Gasteiger partial charge < -0.3 is 15.4 Å². The number of nitriles is 1. The number of ether oxygens (including phenoxy) is 1. The molecule has 14 heteroatoms. The summed E-state index contributed by atoms with van der Waals surface area (Å²) in [4.78, 5) is 30.7. The Morgan fingerprint density at radius 3 is 2.67 bits per heavy atom. The van der Waals surface area contributed by atoms with Crippen LogP contribution in [-0.2, 0) is 18.4 Å². The third-order valence-corrected chi connectivity index (χ3v) is 6.69. The summed E-state index contributed by atoms with van der Waals surface area (Å²) in [6, 6.07) is 9.23. The average Bonchev–Trinajstić information content (AvgIpc) is 3.44. The molecule has 1 aliphatic heterocycles. The molecule has 208 valence electrons. The van der Waals surface area contributed by atoms with E-state index >= 15 is 0 Å². The van der Waals surface area contributed by atoms with Crippen LogP contribution in [0.15, 0.2) is 36.5 Å². The van der Waals surface area contributed by atoms with Gasteiger partial charge in [0.1, 0.15) is 17.5 Å². The molecular formula is C26H21F5N6O3. The van der Waals surface area contributed by atoms with Gasteiger partial charge in [-0.3, -0.25) is 9.59 Å². The van der Waals surface area contributed by atoms with Crippen molar-refractivity contribution in [1.29, 1.82) is 5.26 Å². The van der Waals surface area contributed by atoms with Gasteiger partial charge in [0.15, 0.2) is 12.4 Å². The maximum atomic E-state index is 13.5. The lowest BCUT2D eigenvalue weighted by atomic mass is 9.82. The van der Waals surface area contributed by atoms with E-state index in [1.807, 2.05) is 6.07 Å². The molecule has 2 aliphatic rings. The van der Waals surface area contributed by atoms with E-state index in [9.17, 15) is 31.5 Å². The summed E-state index contributed by atoms with van der Waals surface area (Å²) in [5.41, 5.74) is 0.464. The van der Waals surface area contributed by atoms with Gasteiger partial charge in [0.25, 0.3) is 17.7 Å². The zero-order valence-corrected chi connectivity index (χ0v) is 20.9. The number of rotatable bonds is 6. The number of amides is 2. The van der Waals surface area contributed by atoms with E-state index in [1.54, 1.807) is 6.07 Å². The maximum absolute atomic E-state index is 13.5. The van der Waals surface area contributed by atoms with Crippen molar-refractivity contribution in [2.45, 2.75) is 43.8 Å². The highest BCUT2D eigenvalue weighted by Gasteiger charge is 2.47. The van der Waals surface area contributed by atoms with Crippen LogP contribution in [0.25, 0.3) is 5.82 Å². The van der Waals surface area contributed by atoms with Crippen molar-refractivity contribution >= 4 is 11.8 Å². The van der Waals surface area contributed by atoms with Gasteiger partial charge in [-0.1, -0.05) is 6.07 Å². The van der Waals surface area contributed by atoms with Gasteiger partial charge in [0, 0.05) is 19.5 Å². The fourth-order valence-electron chi connectivity index (χ4n) is 5.00. The highest BCUT2D eigenvalue weighted by atomic mass is 19.4. The van der Waals surface area contributed by atoms with Crippen LogP contribution in [0.3, 0.4) is 0 Å². The van der Waals surface area contributed by atoms with Crippen molar-refractivity contribution in [3.05, 3.63) is 70.2 Å². The predicted octanol–water partition coefficient (Wildman–Crippen LogP) is 3.59. The van der Waals surface area contributed by atoms with Crippen LogP contribution >= 0.6 is 0 Å². The van der Waals surface area contributed by atoms with Crippen LogP contribution in [0.1, 0.15) is 56.6 Å². The highest BCUT2D eigenvalue weighted by Crippen LogP contribution is 2.44. The van der Waals surface area contributed by atoms with Crippen molar-refractivity contribution in [1.82, 2.24) is 25.4 Å². The smallest absolute Gasteiger partial charge is 0.422 e. The Morgan fingerprint density at radius 1 is 1.25 bits per heavy atom. The van der Waals surface area contributed by atoms with Crippen molar-refractivity contribution in [3.63, 3.8) is 0 Å². The van der Waals surface area contributed by atoms with E-state index in [0.29, 0.717) is 30.9 Å². The standard InChI is InChI=1S/C26H21F5N6O3/c1-24(27,28)12-34-23(39)21-20-18(36-37(21)19-5-2-14(10-32)11-33-19)9-25(35-22(20)38)7-6-15-8-16(3-4-17(15)25)40-13-26(29,30)31/h2-5,8,11H,6-7,9,12-13H2,1H3,(H,34,39)(H,35,38)/t25-/m0/s1. The number of nitrogens with one attached hydrogen (secondary N) is 2. The van der Waals surface area contributed by atoms with Gasteiger partial charge in [0.2, 0.25) is 0 Å². The number of benzene rings is 1. The van der Waals surface area contributed by atoms with Crippen molar-refractivity contribution < 1.29 is 36.3 Å². The second-order valence-corrected chi connectivity index (χ2v) is 9.79. The molecule has 1 atom stereocenters. The molecule has 0 bridgehead atoms. The lowest BCUT2D eigenvalue weighted by Crippen LogP contribution is -2.50. The topological polar surface area (TPSA) is 122 Å². The second-order valence-electron chi connectivity index (χ2n) is 9.79. The van der Waals surface area contributed by atoms with E-state index in [0.717, 1.165) is 4.68 Å².